The van der Waals surface area contributed by atoms with Gasteiger partial charge in [-0.25, -0.2) is 4.79 Å². The van der Waals surface area contributed by atoms with Crippen LogP contribution in [0, 0.1) is 18.8 Å². The van der Waals surface area contributed by atoms with Gasteiger partial charge in [-0.15, -0.1) is 0 Å². The Morgan fingerprint density at radius 1 is 1.36 bits per heavy atom. The maximum atomic E-state index is 12.1. The third-order valence-corrected chi connectivity index (χ3v) is 4.07. The second-order valence-corrected chi connectivity index (χ2v) is 5.79. The molecule has 1 N–H and O–H groups in total. The minimum absolute atomic E-state index is 0.00758. The number of nitrogens with one attached hydrogen (secondary N) is 1. The highest BCUT2D eigenvalue weighted by molar-refractivity contribution is 6.06. The van der Waals surface area contributed by atoms with Crippen LogP contribution in [0.2, 0.25) is 0 Å². The number of carbonyl (C=O) groups is 2. The average molecular weight is 301 g/mol. The maximum Gasteiger partial charge on any atom is 0.340 e. The molecule has 0 aliphatic heterocycles. The Morgan fingerprint density at radius 2 is 2.09 bits per heavy atom. The van der Waals surface area contributed by atoms with Crippen LogP contribution in [0.3, 0.4) is 0 Å². The van der Waals surface area contributed by atoms with E-state index in [4.69, 9.17) is 9.47 Å². The lowest BCUT2D eigenvalue weighted by Gasteiger charge is -2.05. The summed E-state index contributed by atoms with van der Waals surface area (Å²) >= 11 is 0. The molecule has 2 aromatic rings. The van der Waals surface area contributed by atoms with Crippen LogP contribution in [0.4, 0.5) is 0 Å². The normalized spacial score (nSPS) is 20.0. The van der Waals surface area contributed by atoms with Crippen molar-refractivity contribution in [1.82, 2.24) is 4.98 Å². The number of fused-ring (bicyclic) bond motifs is 1. The highest BCUT2D eigenvalue weighted by Gasteiger charge is 2.40. The fourth-order valence-corrected chi connectivity index (χ4v) is 2.68. The molecule has 2 unspecified atom stereocenters. The summed E-state index contributed by atoms with van der Waals surface area (Å²) in [6.45, 7) is 5.94. The number of ether oxygens (including phenoxy) is 2. The van der Waals surface area contributed by atoms with Crippen LogP contribution in [0.15, 0.2) is 18.2 Å². The average Bonchev–Trinajstić information content (AvgIpc) is 3.10. The molecular weight excluding hydrogens is 282 g/mol. The first-order valence-electron chi connectivity index (χ1n) is 7.52. The van der Waals surface area contributed by atoms with E-state index in [0.29, 0.717) is 29.2 Å². The number of aromatic nitrogens is 1. The summed E-state index contributed by atoms with van der Waals surface area (Å²) in [6, 6.07) is 5.26. The van der Waals surface area contributed by atoms with Gasteiger partial charge in [0.25, 0.3) is 0 Å². The second kappa shape index (κ2) is 5.48. The summed E-state index contributed by atoms with van der Waals surface area (Å²) in [6.07, 6.45) is 0.887. The summed E-state index contributed by atoms with van der Waals surface area (Å²) in [5, 5.41) is 0.713. The Morgan fingerprint density at radius 3 is 2.73 bits per heavy atom. The summed E-state index contributed by atoms with van der Waals surface area (Å²) in [5.41, 5.74) is 2.06. The predicted molar refractivity (Wildman–Crippen MR) is 81.9 cm³/mol. The molecular formula is C17H19NO4. The highest BCUT2D eigenvalue weighted by atomic mass is 16.5. The first-order chi connectivity index (χ1) is 10.5. The number of carbonyl (C=O) groups excluding carboxylic acids is 2. The van der Waals surface area contributed by atoms with Gasteiger partial charge in [0.05, 0.1) is 18.1 Å². The second-order valence-electron chi connectivity index (χ2n) is 5.79. The zero-order valence-corrected chi connectivity index (χ0v) is 12.9. The summed E-state index contributed by atoms with van der Waals surface area (Å²) < 4.78 is 10.5. The van der Waals surface area contributed by atoms with Gasteiger partial charge in [-0.1, -0.05) is 6.92 Å². The molecule has 1 aliphatic rings. The van der Waals surface area contributed by atoms with Gasteiger partial charge in [-0.3, -0.25) is 4.79 Å². The van der Waals surface area contributed by atoms with Crippen molar-refractivity contribution in [1.29, 1.82) is 0 Å². The quantitative estimate of drug-likeness (QED) is 0.695. The molecule has 1 aliphatic carbocycles. The fourth-order valence-electron chi connectivity index (χ4n) is 2.68. The van der Waals surface area contributed by atoms with E-state index < -0.39 is 0 Å². The van der Waals surface area contributed by atoms with E-state index in [2.05, 4.69) is 4.98 Å². The van der Waals surface area contributed by atoms with Crippen LogP contribution >= 0.6 is 0 Å². The van der Waals surface area contributed by atoms with Gasteiger partial charge in [0.2, 0.25) is 0 Å². The smallest absolute Gasteiger partial charge is 0.340 e. The predicted octanol–water partition coefficient (Wildman–Crippen LogP) is 3.21. The summed E-state index contributed by atoms with van der Waals surface area (Å²) in [4.78, 5) is 27.2. The highest BCUT2D eigenvalue weighted by Crippen LogP contribution is 2.39. The number of benzene rings is 1. The first kappa shape index (κ1) is 14.6. The van der Waals surface area contributed by atoms with Crippen LogP contribution in [-0.4, -0.2) is 23.5 Å². The van der Waals surface area contributed by atoms with Gasteiger partial charge >= 0.3 is 11.9 Å². The van der Waals surface area contributed by atoms with E-state index in [-0.39, 0.29) is 17.9 Å². The largest absolute Gasteiger partial charge is 0.462 e. The minimum atomic E-state index is -0.370. The molecule has 0 bridgehead atoms. The number of aromatic amines is 1. The molecule has 0 saturated heterocycles. The van der Waals surface area contributed by atoms with Crippen molar-refractivity contribution < 1.29 is 19.1 Å². The zero-order chi connectivity index (χ0) is 15.9. The van der Waals surface area contributed by atoms with Crippen molar-refractivity contribution in [2.24, 2.45) is 11.8 Å². The number of H-pyrrole nitrogens is 1. The molecule has 5 nitrogen and oxygen atoms in total. The molecule has 1 fully saturated rings. The number of hydrogen-bond donors (Lipinski definition) is 1. The number of hydrogen-bond acceptors (Lipinski definition) is 4. The van der Waals surface area contributed by atoms with Gasteiger partial charge in [0, 0.05) is 16.6 Å². The monoisotopic (exact) mass is 301 g/mol. The maximum absolute atomic E-state index is 12.1. The Labute approximate surface area is 128 Å². The molecule has 1 saturated carbocycles. The van der Waals surface area contributed by atoms with Crippen LogP contribution in [-0.2, 0) is 9.53 Å². The van der Waals surface area contributed by atoms with Crippen molar-refractivity contribution in [2.45, 2.75) is 27.2 Å². The molecule has 0 radical (unpaired) electrons. The molecule has 0 spiro atoms. The lowest BCUT2D eigenvalue weighted by atomic mass is 10.1. The van der Waals surface area contributed by atoms with E-state index in [9.17, 15) is 9.59 Å². The standard InChI is InChI=1S/C17H19NO4/c1-4-21-17(20)15-10(3)18-14-6-5-11(8-13(14)15)22-16(19)12-7-9(12)2/h5-6,8-9,12,18H,4,7H2,1-3H3. The Bertz CT molecular complexity index is 746. The Hall–Kier alpha value is -2.30. The van der Waals surface area contributed by atoms with Gasteiger partial charge in [-0.05, 0) is 44.4 Å². The van der Waals surface area contributed by atoms with Gasteiger partial charge in [0.15, 0.2) is 0 Å². The molecule has 5 heteroatoms. The molecule has 1 heterocycles. The van der Waals surface area contributed by atoms with E-state index >= 15 is 0 Å². The van der Waals surface area contributed by atoms with Crippen molar-refractivity contribution in [3.8, 4) is 5.75 Å². The molecule has 3 rings (SSSR count). The fraction of sp³-hybridized carbons (Fsp3) is 0.412. The number of aryl methyl sites for hydroxylation is 1. The van der Waals surface area contributed by atoms with Crippen LogP contribution in [0.5, 0.6) is 5.75 Å². The van der Waals surface area contributed by atoms with Crippen molar-refractivity contribution >= 4 is 22.8 Å². The zero-order valence-electron chi connectivity index (χ0n) is 12.9. The van der Waals surface area contributed by atoms with Gasteiger partial charge < -0.3 is 14.5 Å². The topological polar surface area (TPSA) is 68.4 Å². The van der Waals surface area contributed by atoms with Crippen molar-refractivity contribution in [3.63, 3.8) is 0 Å². The van der Waals surface area contributed by atoms with Crippen LogP contribution < -0.4 is 4.74 Å². The van der Waals surface area contributed by atoms with Crippen LogP contribution in [0.1, 0.15) is 36.3 Å². The number of rotatable bonds is 4. The third-order valence-electron chi connectivity index (χ3n) is 4.07. The first-order valence-corrected chi connectivity index (χ1v) is 7.52. The van der Waals surface area contributed by atoms with E-state index in [0.717, 1.165) is 17.6 Å². The molecule has 1 aromatic carbocycles. The molecule has 1 aromatic heterocycles. The van der Waals surface area contributed by atoms with E-state index in [1.807, 2.05) is 19.9 Å². The molecule has 2 atom stereocenters. The van der Waals surface area contributed by atoms with E-state index in [1.165, 1.54) is 0 Å². The van der Waals surface area contributed by atoms with Crippen LogP contribution in [0.25, 0.3) is 10.9 Å². The summed E-state index contributed by atoms with van der Waals surface area (Å²) in [7, 11) is 0. The summed E-state index contributed by atoms with van der Waals surface area (Å²) in [5.74, 6) is 0.303. The lowest BCUT2D eigenvalue weighted by molar-refractivity contribution is -0.136. The van der Waals surface area contributed by atoms with Gasteiger partial charge in [-0.2, -0.15) is 0 Å². The Balaban J connectivity index is 1.92. The van der Waals surface area contributed by atoms with Crippen molar-refractivity contribution in [2.75, 3.05) is 6.61 Å². The number of esters is 2. The lowest BCUT2D eigenvalue weighted by Crippen LogP contribution is -2.11. The molecule has 0 amide bonds. The van der Waals surface area contributed by atoms with E-state index in [1.54, 1.807) is 19.1 Å². The molecule has 116 valence electrons. The SMILES string of the molecule is CCOC(=O)c1c(C)[nH]c2ccc(OC(=O)C3CC3C)cc12. The Kier molecular flexibility index (Phi) is 3.64. The van der Waals surface area contributed by atoms with Crippen molar-refractivity contribution in [3.05, 3.63) is 29.5 Å². The minimum Gasteiger partial charge on any atom is -0.462 e. The van der Waals surface area contributed by atoms with Gasteiger partial charge in [0.1, 0.15) is 5.75 Å². The third kappa shape index (κ3) is 2.58. The molecule has 22 heavy (non-hydrogen) atoms.